The van der Waals surface area contributed by atoms with Crippen LogP contribution in [0.3, 0.4) is 0 Å². The number of thioether (sulfide) groups is 1. The van der Waals surface area contributed by atoms with Gasteiger partial charge in [0.15, 0.2) is 5.16 Å². The van der Waals surface area contributed by atoms with E-state index < -0.39 is 0 Å². The van der Waals surface area contributed by atoms with Crippen LogP contribution in [-0.2, 0) is 4.79 Å². The maximum absolute atomic E-state index is 13.3. The highest BCUT2D eigenvalue weighted by atomic mass is 32.2. The second-order valence-electron chi connectivity index (χ2n) is 8.08. The first-order chi connectivity index (χ1) is 15.3. The van der Waals surface area contributed by atoms with Gasteiger partial charge in [-0.1, -0.05) is 55.4 Å². The predicted molar refractivity (Wildman–Crippen MR) is 135 cm³/mol. The van der Waals surface area contributed by atoms with Gasteiger partial charge in [-0.3, -0.25) is 14.2 Å². The van der Waals surface area contributed by atoms with Gasteiger partial charge < -0.3 is 5.32 Å². The van der Waals surface area contributed by atoms with Crippen LogP contribution in [0, 0.1) is 13.8 Å². The van der Waals surface area contributed by atoms with Gasteiger partial charge in [0.25, 0.3) is 5.56 Å². The van der Waals surface area contributed by atoms with E-state index in [4.69, 9.17) is 4.98 Å². The minimum absolute atomic E-state index is 0.107. The summed E-state index contributed by atoms with van der Waals surface area (Å²) in [6, 6.07) is 15.7. The molecule has 0 fully saturated rings. The number of amides is 1. The van der Waals surface area contributed by atoms with Gasteiger partial charge in [-0.15, -0.1) is 11.3 Å². The summed E-state index contributed by atoms with van der Waals surface area (Å²) in [5, 5.41) is 5.34. The second-order valence-corrected chi connectivity index (χ2v) is 9.94. The Kier molecular flexibility index (Phi) is 6.48. The number of aromatic nitrogens is 2. The predicted octanol–water partition coefficient (Wildman–Crippen LogP) is 5.92. The minimum atomic E-state index is -0.136. The van der Waals surface area contributed by atoms with E-state index in [9.17, 15) is 9.59 Å². The molecule has 2 aromatic carbocycles. The number of hydrogen-bond acceptors (Lipinski definition) is 5. The number of fused-ring (bicyclic) bond motifs is 1. The quantitative estimate of drug-likeness (QED) is 0.285. The molecule has 0 unspecified atom stereocenters. The molecule has 5 nitrogen and oxygen atoms in total. The maximum Gasteiger partial charge on any atom is 0.276 e. The maximum atomic E-state index is 13.3. The lowest BCUT2D eigenvalue weighted by molar-refractivity contribution is -0.113. The average Bonchev–Trinajstić information content (AvgIpc) is 3.22. The minimum Gasteiger partial charge on any atom is -0.325 e. The van der Waals surface area contributed by atoms with Crippen LogP contribution in [0.15, 0.2) is 63.9 Å². The standard InChI is InChI=1S/C25H25N3O2S2/c1-15(2)18-6-5-7-19(13-18)26-22(29)14-32-25-27-20-10-11-31-23(20)24(30)28(25)21-9-8-16(3)12-17(21)4/h5-13,15H,14H2,1-4H3,(H,26,29). The first-order valence-electron chi connectivity index (χ1n) is 10.4. The fourth-order valence-corrected chi connectivity index (χ4v) is 5.13. The van der Waals surface area contributed by atoms with E-state index >= 15 is 0 Å². The molecule has 0 saturated heterocycles. The number of carbonyl (C=O) groups excluding carboxylic acids is 1. The second kappa shape index (κ2) is 9.30. The Hall–Kier alpha value is -2.90. The van der Waals surface area contributed by atoms with E-state index in [1.54, 1.807) is 4.57 Å². The van der Waals surface area contributed by atoms with E-state index in [0.29, 0.717) is 21.3 Å². The van der Waals surface area contributed by atoms with Crippen LogP contribution in [0.4, 0.5) is 5.69 Å². The molecule has 32 heavy (non-hydrogen) atoms. The molecular formula is C25H25N3O2S2. The molecule has 0 aliphatic carbocycles. The van der Waals surface area contributed by atoms with Crippen LogP contribution >= 0.6 is 23.1 Å². The van der Waals surface area contributed by atoms with Crippen molar-refractivity contribution in [3.8, 4) is 5.69 Å². The van der Waals surface area contributed by atoms with Crippen LogP contribution < -0.4 is 10.9 Å². The zero-order valence-electron chi connectivity index (χ0n) is 18.5. The number of hydrogen-bond donors (Lipinski definition) is 1. The fraction of sp³-hybridized carbons (Fsp3) is 0.240. The van der Waals surface area contributed by atoms with Gasteiger partial charge in [0.05, 0.1) is 17.0 Å². The van der Waals surface area contributed by atoms with Crippen LogP contribution in [0.1, 0.15) is 36.5 Å². The Morgan fingerprint density at radius 2 is 1.97 bits per heavy atom. The topological polar surface area (TPSA) is 64.0 Å². The molecule has 0 bridgehead atoms. The molecule has 0 atom stereocenters. The monoisotopic (exact) mass is 463 g/mol. The normalized spacial score (nSPS) is 11.3. The lowest BCUT2D eigenvalue weighted by atomic mass is 10.0. The number of nitrogens with one attached hydrogen (secondary N) is 1. The van der Waals surface area contributed by atoms with Crippen molar-refractivity contribution in [2.45, 2.75) is 38.8 Å². The van der Waals surface area contributed by atoms with E-state index in [0.717, 1.165) is 22.5 Å². The molecular weight excluding hydrogens is 438 g/mol. The average molecular weight is 464 g/mol. The summed E-state index contributed by atoms with van der Waals surface area (Å²) in [7, 11) is 0. The SMILES string of the molecule is Cc1ccc(-n2c(SCC(=O)Nc3cccc(C(C)C)c3)nc3ccsc3c2=O)c(C)c1. The zero-order chi connectivity index (χ0) is 22.8. The molecule has 164 valence electrons. The van der Waals surface area contributed by atoms with Crippen molar-refractivity contribution in [1.82, 2.24) is 9.55 Å². The highest BCUT2D eigenvalue weighted by Gasteiger charge is 2.17. The van der Waals surface area contributed by atoms with Crippen molar-refractivity contribution >= 4 is 44.9 Å². The number of nitrogens with zero attached hydrogens (tertiary/aromatic N) is 2. The first-order valence-corrected chi connectivity index (χ1v) is 12.3. The Balaban J connectivity index is 1.63. The third-order valence-electron chi connectivity index (χ3n) is 5.21. The molecule has 2 heterocycles. The Bertz CT molecular complexity index is 1360. The molecule has 2 aromatic heterocycles. The van der Waals surface area contributed by atoms with Crippen LogP contribution in [-0.4, -0.2) is 21.2 Å². The summed E-state index contributed by atoms with van der Waals surface area (Å²) in [4.78, 5) is 30.7. The molecule has 0 aliphatic rings. The molecule has 1 amide bonds. The summed E-state index contributed by atoms with van der Waals surface area (Å²) >= 11 is 2.66. The number of anilines is 1. The molecule has 7 heteroatoms. The van der Waals surface area contributed by atoms with Crippen LogP contribution in [0.5, 0.6) is 0 Å². The highest BCUT2D eigenvalue weighted by molar-refractivity contribution is 7.99. The van der Waals surface area contributed by atoms with Gasteiger partial charge in [-0.25, -0.2) is 4.98 Å². The smallest absolute Gasteiger partial charge is 0.276 e. The van der Waals surface area contributed by atoms with Gasteiger partial charge >= 0.3 is 0 Å². The number of carbonyl (C=O) groups is 1. The van der Waals surface area contributed by atoms with Gasteiger partial charge in [0, 0.05) is 5.69 Å². The Morgan fingerprint density at radius 3 is 2.72 bits per heavy atom. The van der Waals surface area contributed by atoms with Crippen molar-refractivity contribution in [2.75, 3.05) is 11.1 Å². The van der Waals surface area contributed by atoms with Crippen LogP contribution in [0.2, 0.25) is 0 Å². The van der Waals surface area contributed by atoms with Crippen molar-refractivity contribution < 1.29 is 4.79 Å². The molecule has 0 aliphatic heterocycles. The summed E-state index contributed by atoms with van der Waals surface area (Å²) < 4.78 is 2.24. The lowest BCUT2D eigenvalue weighted by Crippen LogP contribution is -2.23. The zero-order valence-corrected chi connectivity index (χ0v) is 20.1. The molecule has 4 aromatic rings. The van der Waals surface area contributed by atoms with Gasteiger partial charge in [0.1, 0.15) is 4.70 Å². The third-order valence-corrected chi connectivity index (χ3v) is 7.04. The summed E-state index contributed by atoms with van der Waals surface area (Å²) in [5.74, 6) is 0.400. The first kappa shape index (κ1) is 22.3. The van der Waals surface area contributed by atoms with Gasteiger partial charge in [-0.05, 0) is 60.5 Å². The number of thiophene rings is 1. The van der Waals surface area contributed by atoms with Crippen molar-refractivity contribution in [3.05, 3.63) is 81.0 Å². The van der Waals surface area contributed by atoms with E-state index in [-0.39, 0.29) is 17.2 Å². The Morgan fingerprint density at radius 1 is 1.16 bits per heavy atom. The van der Waals surface area contributed by atoms with E-state index in [2.05, 4.69) is 25.2 Å². The van der Waals surface area contributed by atoms with Crippen LogP contribution in [0.25, 0.3) is 15.9 Å². The van der Waals surface area contributed by atoms with Crippen molar-refractivity contribution in [3.63, 3.8) is 0 Å². The lowest BCUT2D eigenvalue weighted by Gasteiger charge is -2.15. The molecule has 0 spiro atoms. The molecule has 0 radical (unpaired) electrons. The number of rotatable bonds is 6. The van der Waals surface area contributed by atoms with Gasteiger partial charge in [-0.2, -0.15) is 0 Å². The number of benzene rings is 2. The molecule has 1 N–H and O–H groups in total. The molecule has 0 saturated carbocycles. The summed E-state index contributed by atoms with van der Waals surface area (Å²) in [5.41, 5.74) is 5.40. The largest absolute Gasteiger partial charge is 0.325 e. The van der Waals surface area contributed by atoms with Gasteiger partial charge in [0.2, 0.25) is 5.91 Å². The Labute approximate surface area is 195 Å². The highest BCUT2D eigenvalue weighted by Crippen LogP contribution is 2.26. The number of aryl methyl sites for hydroxylation is 2. The molecule has 4 rings (SSSR count). The summed E-state index contributed by atoms with van der Waals surface area (Å²) in [6.45, 7) is 8.25. The van der Waals surface area contributed by atoms with E-state index in [1.165, 1.54) is 28.7 Å². The van der Waals surface area contributed by atoms with E-state index in [1.807, 2.05) is 61.7 Å². The third kappa shape index (κ3) is 4.64. The summed E-state index contributed by atoms with van der Waals surface area (Å²) in [6.07, 6.45) is 0. The fourth-order valence-electron chi connectivity index (χ4n) is 3.56. The van der Waals surface area contributed by atoms with Crippen molar-refractivity contribution in [2.24, 2.45) is 0 Å². The van der Waals surface area contributed by atoms with Crippen molar-refractivity contribution in [1.29, 1.82) is 0 Å².